The van der Waals surface area contributed by atoms with E-state index >= 15 is 0 Å². The van der Waals surface area contributed by atoms with Gasteiger partial charge in [0, 0.05) is 15.7 Å². The maximum absolute atomic E-state index is 10.0. The maximum atomic E-state index is 10.0. The van der Waals surface area contributed by atoms with E-state index in [2.05, 4.69) is 0 Å². The Balaban J connectivity index is 2.01. The summed E-state index contributed by atoms with van der Waals surface area (Å²) in [6.45, 7) is 0. The van der Waals surface area contributed by atoms with Gasteiger partial charge in [0.2, 0.25) is 0 Å². The Morgan fingerprint density at radius 2 is 1.78 bits per heavy atom. The van der Waals surface area contributed by atoms with E-state index in [9.17, 15) is 5.11 Å². The highest BCUT2D eigenvalue weighted by Gasteiger charge is 2.09. The van der Waals surface area contributed by atoms with Crippen molar-refractivity contribution in [2.45, 2.75) is 11.0 Å². The van der Waals surface area contributed by atoms with Crippen molar-refractivity contribution < 1.29 is 5.11 Å². The highest BCUT2D eigenvalue weighted by molar-refractivity contribution is 7.99. The van der Waals surface area contributed by atoms with Crippen LogP contribution in [0, 0.1) is 0 Å². The SMILES string of the molecule is OC(CSc1cc(Cl)ccc1Cl)c1ccccc1. The second-order valence-corrected chi connectivity index (χ2v) is 5.72. The topological polar surface area (TPSA) is 20.2 Å². The molecule has 0 saturated carbocycles. The molecule has 94 valence electrons. The number of halogens is 2. The smallest absolute Gasteiger partial charge is 0.0883 e. The van der Waals surface area contributed by atoms with E-state index in [0.717, 1.165) is 10.5 Å². The molecule has 2 rings (SSSR count). The molecule has 1 nitrogen and oxygen atoms in total. The van der Waals surface area contributed by atoms with Crippen LogP contribution in [0.15, 0.2) is 53.4 Å². The van der Waals surface area contributed by atoms with Gasteiger partial charge in [-0.15, -0.1) is 11.8 Å². The lowest BCUT2D eigenvalue weighted by Gasteiger charge is -2.11. The quantitative estimate of drug-likeness (QED) is 0.817. The fraction of sp³-hybridized carbons (Fsp3) is 0.143. The third-order valence-electron chi connectivity index (χ3n) is 2.47. The summed E-state index contributed by atoms with van der Waals surface area (Å²) in [6, 6.07) is 14.9. The minimum atomic E-state index is -0.508. The Labute approximate surface area is 121 Å². The van der Waals surface area contributed by atoms with Gasteiger partial charge in [0.15, 0.2) is 0 Å². The average molecular weight is 299 g/mol. The fourth-order valence-corrected chi connectivity index (χ4v) is 2.99. The van der Waals surface area contributed by atoms with Crippen molar-refractivity contribution in [3.63, 3.8) is 0 Å². The van der Waals surface area contributed by atoms with Gasteiger partial charge >= 0.3 is 0 Å². The van der Waals surface area contributed by atoms with E-state index in [4.69, 9.17) is 23.2 Å². The number of aliphatic hydroxyl groups is 1. The van der Waals surface area contributed by atoms with Gasteiger partial charge in [-0.2, -0.15) is 0 Å². The van der Waals surface area contributed by atoms with Gasteiger partial charge in [-0.05, 0) is 23.8 Å². The first-order valence-electron chi connectivity index (χ1n) is 5.47. The first-order chi connectivity index (χ1) is 8.66. The summed E-state index contributed by atoms with van der Waals surface area (Å²) >= 11 is 13.5. The van der Waals surface area contributed by atoms with Gasteiger partial charge in [-0.1, -0.05) is 53.5 Å². The number of rotatable bonds is 4. The molecule has 0 saturated heterocycles. The minimum Gasteiger partial charge on any atom is -0.388 e. The standard InChI is InChI=1S/C14H12Cl2OS/c15-11-6-7-12(16)14(8-11)18-9-13(17)10-4-2-1-3-5-10/h1-8,13,17H,9H2. The van der Waals surface area contributed by atoms with Crippen LogP contribution in [0.5, 0.6) is 0 Å². The summed E-state index contributed by atoms with van der Waals surface area (Å²) in [4.78, 5) is 0.888. The summed E-state index contributed by atoms with van der Waals surface area (Å²) in [5.41, 5.74) is 0.906. The second kappa shape index (κ2) is 6.48. The van der Waals surface area contributed by atoms with Crippen LogP contribution in [-0.4, -0.2) is 10.9 Å². The summed E-state index contributed by atoms with van der Waals surface area (Å²) < 4.78 is 0. The van der Waals surface area contributed by atoms with E-state index < -0.39 is 6.10 Å². The van der Waals surface area contributed by atoms with Gasteiger partial charge in [0.25, 0.3) is 0 Å². The summed E-state index contributed by atoms with van der Waals surface area (Å²) in [5.74, 6) is 0.546. The van der Waals surface area contributed by atoms with Crippen molar-refractivity contribution >= 4 is 35.0 Å². The molecule has 0 aliphatic carbocycles. The van der Waals surface area contributed by atoms with Crippen LogP contribution < -0.4 is 0 Å². The number of thioether (sulfide) groups is 1. The molecule has 2 aromatic carbocycles. The fourth-order valence-electron chi connectivity index (χ4n) is 1.53. The van der Waals surface area contributed by atoms with Gasteiger partial charge < -0.3 is 5.11 Å². The molecule has 4 heteroatoms. The number of benzene rings is 2. The Hall–Kier alpha value is -0.670. The normalized spacial score (nSPS) is 12.4. The Morgan fingerprint density at radius 3 is 2.50 bits per heavy atom. The third-order valence-corrected chi connectivity index (χ3v) is 4.28. The van der Waals surface area contributed by atoms with Gasteiger partial charge in [-0.25, -0.2) is 0 Å². The number of hydrogen-bond acceptors (Lipinski definition) is 2. The number of aliphatic hydroxyl groups excluding tert-OH is 1. The van der Waals surface area contributed by atoms with E-state index in [1.54, 1.807) is 12.1 Å². The van der Waals surface area contributed by atoms with Crippen molar-refractivity contribution in [3.8, 4) is 0 Å². The molecule has 0 heterocycles. The monoisotopic (exact) mass is 298 g/mol. The summed E-state index contributed by atoms with van der Waals surface area (Å²) in [6.07, 6.45) is -0.508. The first kappa shape index (κ1) is 13.8. The van der Waals surface area contributed by atoms with Crippen LogP contribution >= 0.6 is 35.0 Å². The molecule has 1 unspecified atom stereocenters. The molecule has 1 N–H and O–H groups in total. The molecule has 0 aromatic heterocycles. The summed E-state index contributed by atoms with van der Waals surface area (Å²) in [7, 11) is 0. The molecule has 0 radical (unpaired) electrons. The Kier molecular flexibility index (Phi) is 4.95. The predicted octanol–water partition coefficient (Wildman–Crippen LogP) is 4.82. The third kappa shape index (κ3) is 3.66. The Bertz CT molecular complexity index is 516. The van der Waals surface area contributed by atoms with Crippen molar-refractivity contribution in [2.24, 2.45) is 0 Å². The molecule has 0 aliphatic heterocycles. The maximum Gasteiger partial charge on any atom is 0.0883 e. The predicted molar refractivity (Wildman–Crippen MR) is 78.6 cm³/mol. The van der Waals surface area contributed by atoms with Crippen molar-refractivity contribution in [3.05, 3.63) is 64.1 Å². The average Bonchev–Trinajstić information content (AvgIpc) is 2.40. The van der Waals surface area contributed by atoms with E-state index in [1.807, 2.05) is 36.4 Å². The van der Waals surface area contributed by atoms with E-state index in [-0.39, 0.29) is 0 Å². The molecular formula is C14H12Cl2OS. The van der Waals surface area contributed by atoms with Crippen LogP contribution in [0.1, 0.15) is 11.7 Å². The van der Waals surface area contributed by atoms with E-state index in [0.29, 0.717) is 15.8 Å². The zero-order chi connectivity index (χ0) is 13.0. The lowest BCUT2D eigenvalue weighted by molar-refractivity contribution is 0.204. The van der Waals surface area contributed by atoms with Crippen LogP contribution in [0.2, 0.25) is 10.0 Å². The molecule has 0 spiro atoms. The van der Waals surface area contributed by atoms with Crippen molar-refractivity contribution in [2.75, 3.05) is 5.75 Å². The molecule has 2 aromatic rings. The minimum absolute atomic E-state index is 0.508. The zero-order valence-electron chi connectivity index (χ0n) is 9.51. The number of hydrogen-bond donors (Lipinski definition) is 1. The van der Waals surface area contributed by atoms with Gasteiger partial charge in [-0.3, -0.25) is 0 Å². The molecule has 0 bridgehead atoms. The molecule has 0 amide bonds. The lowest BCUT2D eigenvalue weighted by atomic mass is 10.1. The largest absolute Gasteiger partial charge is 0.388 e. The second-order valence-electron chi connectivity index (χ2n) is 3.81. The first-order valence-corrected chi connectivity index (χ1v) is 7.22. The summed E-state index contributed by atoms with van der Waals surface area (Å²) in [5, 5.41) is 11.4. The van der Waals surface area contributed by atoms with Crippen LogP contribution in [0.4, 0.5) is 0 Å². The lowest BCUT2D eigenvalue weighted by Crippen LogP contribution is -2.00. The molecule has 18 heavy (non-hydrogen) atoms. The molecule has 0 fully saturated rings. The molecule has 1 atom stereocenters. The molecular weight excluding hydrogens is 287 g/mol. The van der Waals surface area contributed by atoms with Crippen molar-refractivity contribution in [1.29, 1.82) is 0 Å². The van der Waals surface area contributed by atoms with Crippen LogP contribution in [0.25, 0.3) is 0 Å². The molecule has 0 aliphatic rings. The zero-order valence-corrected chi connectivity index (χ0v) is 11.8. The van der Waals surface area contributed by atoms with Crippen LogP contribution in [-0.2, 0) is 0 Å². The highest BCUT2D eigenvalue weighted by atomic mass is 35.5. The van der Waals surface area contributed by atoms with Crippen molar-refractivity contribution in [1.82, 2.24) is 0 Å². The van der Waals surface area contributed by atoms with Crippen LogP contribution in [0.3, 0.4) is 0 Å². The van der Waals surface area contributed by atoms with E-state index in [1.165, 1.54) is 11.8 Å². The Morgan fingerprint density at radius 1 is 1.06 bits per heavy atom. The van der Waals surface area contributed by atoms with Gasteiger partial charge in [0.1, 0.15) is 0 Å². The highest BCUT2D eigenvalue weighted by Crippen LogP contribution is 2.32. The van der Waals surface area contributed by atoms with Gasteiger partial charge in [0.05, 0.1) is 11.1 Å².